The summed E-state index contributed by atoms with van der Waals surface area (Å²) in [6, 6.07) is 13.2. The van der Waals surface area contributed by atoms with Gasteiger partial charge in [-0.05, 0) is 29.8 Å². The molecule has 0 saturated heterocycles. The van der Waals surface area contributed by atoms with Gasteiger partial charge in [0.2, 0.25) is 0 Å². The van der Waals surface area contributed by atoms with Crippen LogP contribution in [0.5, 0.6) is 11.5 Å². The lowest BCUT2D eigenvalue weighted by Gasteiger charge is -2.04. The van der Waals surface area contributed by atoms with E-state index in [2.05, 4.69) is 15.3 Å². The summed E-state index contributed by atoms with van der Waals surface area (Å²) >= 11 is 0. The molecule has 0 fully saturated rings. The van der Waals surface area contributed by atoms with Crippen molar-refractivity contribution < 1.29 is 15.0 Å². The predicted molar refractivity (Wildman–Crippen MR) is 85.0 cm³/mol. The lowest BCUT2D eigenvalue weighted by Crippen LogP contribution is -2.23. The molecule has 1 amide bonds. The smallest absolute Gasteiger partial charge is 0.269 e. The molecular weight excluding hydrogens is 294 g/mol. The Morgan fingerprint density at radius 3 is 2.61 bits per heavy atom. The molecule has 116 valence electrons. The van der Waals surface area contributed by atoms with Gasteiger partial charge in [-0.2, -0.15) is 0 Å². The van der Waals surface area contributed by atoms with Gasteiger partial charge in [0, 0.05) is 12.1 Å². The van der Waals surface area contributed by atoms with E-state index in [9.17, 15) is 15.0 Å². The van der Waals surface area contributed by atoms with Gasteiger partial charge in [0.1, 0.15) is 23.0 Å². The molecule has 0 unspecified atom stereocenters. The average molecular weight is 309 g/mol. The zero-order chi connectivity index (χ0) is 16.2. The molecule has 0 aliphatic heterocycles. The Morgan fingerprint density at radius 2 is 1.87 bits per heavy atom. The molecule has 0 aliphatic carbocycles. The molecule has 23 heavy (non-hydrogen) atoms. The SMILES string of the molecule is O=C(NCc1ccc(O)cc1)c1cnc(-c2cccc(O)c2)[nH]1. The maximum atomic E-state index is 12.1. The maximum absolute atomic E-state index is 12.1. The third kappa shape index (κ3) is 3.49. The molecule has 4 N–H and O–H groups in total. The highest BCUT2D eigenvalue weighted by Crippen LogP contribution is 2.20. The number of carbonyl (C=O) groups is 1. The Hall–Kier alpha value is -3.28. The molecule has 3 aromatic rings. The lowest BCUT2D eigenvalue weighted by atomic mass is 10.2. The van der Waals surface area contributed by atoms with Gasteiger partial charge in [-0.1, -0.05) is 24.3 Å². The van der Waals surface area contributed by atoms with Gasteiger partial charge < -0.3 is 20.5 Å². The van der Waals surface area contributed by atoms with Crippen LogP contribution >= 0.6 is 0 Å². The first-order valence-corrected chi connectivity index (χ1v) is 7.02. The van der Waals surface area contributed by atoms with Crippen LogP contribution in [0, 0.1) is 0 Å². The van der Waals surface area contributed by atoms with Crippen molar-refractivity contribution in [2.75, 3.05) is 0 Å². The number of aromatic nitrogens is 2. The summed E-state index contributed by atoms with van der Waals surface area (Å²) in [4.78, 5) is 19.2. The molecular formula is C17H15N3O3. The second-order valence-electron chi connectivity index (χ2n) is 5.04. The standard InChI is InChI=1S/C17H15N3O3/c21-13-6-4-11(5-7-13)9-19-17(23)15-10-18-16(20-15)12-2-1-3-14(22)8-12/h1-8,10,21-22H,9H2,(H,18,20)(H,19,23). The number of hydrogen-bond acceptors (Lipinski definition) is 4. The second kappa shape index (κ2) is 6.23. The minimum atomic E-state index is -0.281. The first kappa shape index (κ1) is 14.6. The van der Waals surface area contributed by atoms with Crippen LogP contribution in [-0.2, 0) is 6.54 Å². The zero-order valence-corrected chi connectivity index (χ0v) is 12.2. The molecule has 0 radical (unpaired) electrons. The van der Waals surface area contributed by atoms with E-state index in [0.29, 0.717) is 23.6 Å². The van der Waals surface area contributed by atoms with Gasteiger partial charge >= 0.3 is 0 Å². The van der Waals surface area contributed by atoms with E-state index in [1.807, 2.05) is 0 Å². The Bertz CT molecular complexity index is 825. The number of benzene rings is 2. The number of phenols is 2. The Balaban J connectivity index is 1.67. The Morgan fingerprint density at radius 1 is 1.09 bits per heavy atom. The van der Waals surface area contributed by atoms with E-state index in [-0.39, 0.29) is 17.4 Å². The van der Waals surface area contributed by atoms with Crippen molar-refractivity contribution in [1.82, 2.24) is 15.3 Å². The molecule has 0 atom stereocenters. The van der Waals surface area contributed by atoms with Crippen LogP contribution in [0.4, 0.5) is 0 Å². The van der Waals surface area contributed by atoms with Crippen molar-refractivity contribution in [2.24, 2.45) is 0 Å². The number of nitrogens with one attached hydrogen (secondary N) is 2. The number of amides is 1. The van der Waals surface area contributed by atoms with E-state index < -0.39 is 0 Å². The molecule has 0 aliphatic rings. The third-order valence-corrected chi connectivity index (χ3v) is 3.33. The number of H-pyrrole nitrogens is 1. The summed E-state index contributed by atoms with van der Waals surface area (Å²) in [5.74, 6) is 0.550. The first-order valence-electron chi connectivity index (χ1n) is 7.02. The monoisotopic (exact) mass is 309 g/mol. The number of hydrogen-bond donors (Lipinski definition) is 4. The summed E-state index contributed by atoms with van der Waals surface area (Å²) in [5, 5.41) is 21.5. The minimum absolute atomic E-state index is 0.136. The van der Waals surface area contributed by atoms with Crippen LogP contribution in [0.1, 0.15) is 16.1 Å². The van der Waals surface area contributed by atoms with Crippen LogP contribution in [0.15, 0.2) is 54.7 Å². The predicted octanol–water partition coefficient (Wildman–Crippen LogP) is 2.42. The molecule has 2 aromatic carbocycles. The molecule has 1 heterocycles. The minimum Gasteiger partial charge on any atom is -0.508 e. The number of aromatic amines is 1. The van der Waals surface area contributed by atoms with Crippen molar-refractivity contribution in [2.45, 2.75) is 6.54 Å². The highest BCUT2D eigenvalue weighted by atomic mass is 16.3. The van der Waals surface area contributed by atoms with E-state index in [0.717, 1.165) is 5.56 Å². The Labute approximate surface area is 132 Å². The van der Waals surface area contributed by atoms with Crippen LogP contribution in [0.3, 0.4) is 0 Å². The van der Waals surface area contributed by atoms with Crippen LogP contribution < -0.4 is 5.32 Å². The quantitative estimate of drug-likeness (QED) is 0.595. The summed E-state index contributed by atoms with van der Waals surface area (Å²) in [6.07, 6.45) is 1.45. The van der Waals surface area contributed by atoms with E-state index in [4.69, 9.17) is 0 Å². The molecule has 0 spiro atoms. The molecule has 6 heteroatoms. The van der Waals surface area contributed by atoms with Gasteiger partial charge in [0.15, 0.2) is 0 Å². The molecule has 3 rings (SSSR count). The van der Waals surface area contributed by atoms with E-state index in [1.54, 1.807) is 48.5 Å². The molecule has 0 bridgehead atoms. The Kier molecular flexibility index (Phi) is 3.97. The summed E-state index contributed by atoms with van der Waals surface area (Å²) < 4.78 is 0. The number of rotatable bonds is 4. The van der Waals surface area contributed by atoms with Crippen molar-refractivity contribution in [1.29, 1.82) is 0 Å². The summed E-state index contributed by atoms with van der Waals surface area (Å²) in [5.41, 5.74) is 1.91. The summed E-state index contributed by atoms with van der Waals surface area (Å²) in [6.45, 7) is 0.347. The topological polar surface area (TPSA) is 98.2 Å². The van der Waals surface area contributed by atoms with Gasteiger partial charge in [-0.3, -0.25) is 4.79 Å². The molecule has 0 saturated carbocycles. The van der Waals surface area contributed by atoms with Crippen molar-refractivity contribution in [3.05, 3.63) is 66.0 Å². The zero-order valence-electron chi connectivity index (χ0n) is 12.2. The van der Waals surface area contributed by atoms with Crippen molar-refractivity contribution in [3.63, 3.8) is 0 Å². The van der Waals surface area contributed by atoms with E-state index in [1.165, 1.54) is 6.20 Å². The van der Waals surface area contributed by atoms with Gasteiger partial charge in [0.25, 0.3) is 5.91 Å². The van der Waals surface area contributed by atoms with Gasteiger partial charge in [-0.25, -0.2) is 4.98 Å². The molecule has 1 aromatic heterocycles. The normalized spacial score (nSPS) is 10.4. The third-order valence-electron chi connectivity index (χ3n) is 3.33. The van der Waals surface area contributed by atoms with Crippen LogP contribution in [0.2, 0.25) is 0 Å². The van der Waals surface area contributed by atoms with Crippen molar-refractivity contribution >= 4 is 5.91 Å². The highest BCUT2D eigenvalue weighted by Gasteiger charge is 2.10. The van der Waals surface area contributed by atoms with Gasteiger partial charge in [-0.15, -0.1) is 0 Å². The van der Waals surface area contributed by atoms with Gasteiger partial charge in [0.05, 0.1) is 6.20 Å². The lowest BCUT2D eigenvalue weighted by molar-refractivity contribution is 0.0946. The number of imidazole rings is 1. The van der Waals surface area contributed by atoms with Crippen LogP contribution in [0.25, 0.3) is 11.4 Å². The molecule has 6 nitrogen and oxygen atoms in total. The number of phenolic OH excluding ortho intramolecular Hbond substituents is 2. The number of carbonyl (C=O) groups excluding carboxylic acids is 1. The second-order valence-corrected chi connectivity index (χ2v) is 5.04. The average Bonchev–Trinajstić information content (AvgIpc) is 3.04. The number of nitrogens with zero attached hydrogens (tertiary/aromatic N) is 1. The number of aromatic hydroxyl groups is 2. The fourth-order valence-electron chi connectivity index (χ4n) is 2.13. The van der Waals surface area contributed by atoms with Crippen LogP contribution in [-0.4, -0.2) is 26.1 Å². The highest BCUT2D eigenvalue weighted by molar-refractivity contribution is 5.92. The summed E-state index contributed by atoms with van der Waals surface area (Å²) in [7, 11) is 0. The van der Waals surface area contributed by atoms with E-state index >= 15 is 0 Å². The fourth-order valence-corrected chi connectivity index (χ4v) is 2.13. The largest absolute Gasteiger partial charge is 0.508 e. The first-order chi connectivity index (χ1) is 11.1. The maximum Gasteiger partial charge on any atom is 0.269 e. The fraction of sp³-hybridized carbons (Fsp3) is 0.0588. The van der Waals surface area contributed by atoms with Crippen molar-refractivity contribution in [3.8, 4) is 22.9 Å².